The summed E-state index contributed by atoms with van der Waals surface area (Å²) < 4.78 is 37.5. The number of esters is 1. The van der Waals surface area contributed by atoms with Crippen LogP contribution in [0.3, 0.4) is 0 Å². The number of hydrogen-bond acceptors (Lipinski definition) is 6. The van der Waals surface area contributed by atoms with Gasteiger partial charge in [-0.25, -0.2) is 8.42 Å². The average Bonchev–Trinajstić information content (AvgIpc) is 2.66. The molecule has 0 heterocycles. The van der Waals surface area contributed by atoms with Crippen LogP contribution in [0.1, 0.15) is 6.92 Å². The van der Waals surface area contributed by atoms with Crippen molar-refractivity contribution in [3.63, 3.8) is 0 Å². The quantitative estimate of drug-likeness (QED) is 0.452. The summed E-state index contributed by atoms with van der Waals surface area (Å²) in [5.74, 6) is -0.332. The number of ether oxygens (including phenoxy) is 2. The summed E-state index contributed by atoms with van der Waals surface area (Å²) in [6.45, 7) is 1.22. The number of carbonyl (C=O) groups excluding carboxylic acids is 1. The van der Waals surface area contributed by atoms with E-state index >= 15 is 0 Å². The van der Waals surface area contributed by atoms with Crippen molar-refractivity contribution >= 4 is 39.2 Å². The van der Waals surface area contributed by atoms with Gasteiger partial charge in [-0.2, -0.15) is 4.72 Å². The predicted octanol–water partition coefficient (Wildman–Crippen LogP) is 2.64. The number of halogens is 2. The lowest BCUT2D eigenvalue weighted by Crippen LogP contribution is -2.48. The average molecular weight is 448 g/mol. The summed E-state index contributed by atoms with van der Waals surface area (Å²) in [5.41, 5.74) is 0. The lowest BCUT2D eigenvalue weighted by molar-refractivity contribution is -0.149. The molecule has 152 valence electrons. The third kappa shape index (κ3) is 6.35. The molecule has 0 aromatic heterocycles. The maximum absolute atomic E-state index is 12.5. The zero-order chi connectivity index (χ0) is 20.7. The Morgan fingerprint density at radius 2 is 1.79 bits per heavy atom. The molecule has 2 N–H and O–H groups in total. The Balaban J connectivity index is 1.97. The molecule has 0 unspecified atom stereocenters. The molecule has 10 heteroatoms. The number of carbonyl (C=O) groups is 1. The topological polar surface area (TPSA) is 102 Å². The lowest BCUT2D eigenvalue weighted by atomic mass is 10.2. The molecule has 0 saturated carbocycles. The number of sulfonamides is 1. The van der Waals surface area contributed by atoms with E-state index in [0.717, 1.165) is 6.07 Å². The van der Waals surface area contributed by atoms with E-state index in [4.69, 9.17) is 32.7 Å². The maximum atomic E-state index is 12.5. The van der Waals surface area contributed by atoms with Gasteiger partial charge in [-0.1, -0.05) is 41.4 Å². The molecule has 0 aliphatic carbocycles. The van der Waals surface area contributed by atoms with Gasteiger partial charge in [0.05, 0.1) is 21.0 Å². The number of aliphatic hydroxyl groups excluding tert-OH is 1. The Bertz CT molecular complexity index is 906. The highest BCUT2D eigenvalue weighted by molar-refractivity contribution is 7.89. The molecule has 0 spiro atoms. The van der Waals surface area contributed by atoms with Crippen molar-refractivity contribution in [1.82, 2.24) is 4.72 Å². The lowest BCUT2D eigenvalue weighted by Gasteiger charge is -2.20. The summed E-state index contributed by atoms with van der Waals surface area (Å²) in [4.78, 5) is 12.0. The highest BCUT2D eigenvalue weighted by Crippen LogP contribution is 2.25. The molecule has 0 saturated heterocycles. The fraction of sp³-hybridized carbons (Fsp3) is 0.278. The van der Waals surface area contributed by atoms with Crippen LogP contribution in [0.15, 0.2) is 53.4 Å². The minimum absolute atomic E-state index is 0.0405. The van der Waals surface area contributed by atoms with Crippen LogP contribution in [0.5, 0.6) is 5.75 Å². The molecule has 2 rings (SSSR count). The molecule has 0 bridgehead atoms. The molecule has 7 nitrogen and oxygen atoms in total. The summed E-state index contributed by atoms with van der Waals surface area (Å²) in [6, 6.07) is 11.1. The van der Waals surface area contributed by atoms with Crippen LogP contribution in [0.4, 0.5) is 0 Å². The highest BCUT2D eigenvalue weighted by atomic mass is 35.5. The highest BCUT2D eigenvalue weighted by Gasteiger charge is 2.31. The van der Waals surface area contributed by atoms with Gasteiger partial charge in [0.25, 0.3) is 0 Å². The van der Waals surface area contributed by atoms with Crippen LogP contribution in [-0.4, -0.2) is 44.9 Å². The second-order valence-corrected chi connectivity index (χ2v) is 8.27. The first-order valence-corrected chi connectivity index (χ1v) is 10.4. The van der Waals surface area contributed by atoms with E-state index in [1.165, 1.54) is 19.1 Å². The van der Waals surface area contributed by atoms with Gasteiger partial charge < -0.3 is 14.6 Å². The van der Waals surface area contributed by atoms with Crippen molar-refractivity contribution in [3.05, 3.63) is 58.6 Å². The van der Waals surface area contributed by atoms with Gasteiger partial charge in [0.15, 0.2) is 0 Å². The Labute approximate surface area is 173 Å². The van der Waals surface area contributed by atoms with Crippen molar-refractivity contribution in [2.45, 2.75) is 24.0 Å². The van der Waals surface area contributed by atoms with Gasteiger partial charge in [-0.15, -0.1) is 0 Å². The molecular weight excluding hydrogens is 429 g/mol. The largest absolute Gasteiger partial charge is 0.490 e. The summed E-state index contributed by atoms with van der Waals surface area (Å²) in [5, 5.41) is 10.0. The van der Waals surface area contributed by atoms with Crippen molar-refractivity contribution in [3.8, 4) is 5.75 Å². The molecule has 0 amide bonds. The van der Waals surface area contributed by atoms with Crippen LogP contribution in [0.2, 0.25) is 10.0 Å². The van der Waals surface area contributed by atoms with Crippen LogP contribution < -0.4 is 9.46 Å². The molecule has 2 aromatic carbocycles. The third-order valence-corrected chi connectivity index (χ3v) is 5.74. The molecule has 0 fully saturated rings. The Kier molecular flexibility index (Phi) is 8.09. The second kappa shape index (κ2) is 10.1. The molecule has 0 aliphatic heterocycles. The molecule has 0 aliphatic rings. The number of hydrogen-bond donors (Lipinski definition) is 2. The van der Waals surface area contributed by atoms with Gasteiger partial charge in [0.2, 0.25) is 10.0 Å². The SMILES string of the molecule is C[C@H](O)[C@H](NS(=O)(=O)c1ccc(Cl)c(Cl)c1)C(=O)OCCOc1ccccc1. The van der Waals surface area contributed by atoms with E-state index in [9.17, 15) is 18.3 Å². The first-order chi connectivity index (χ1) is 13.2. The molecular formula is C18H19Cl2NO6S. The van der Waals surface area contributed by atoms with E-state index < -0.39 is 28.1 Å². The molecule has 2 aromatic rings. The van der Waals surface area contributed by atoms with Gasteiger partial charge in [-0.3, -0.25) is 4.79 Å². The van der Waals surface area contributed by atoms with Gasteiger partial charge in [-0.05, 0) is 37.3 Å². The van der Waals surface area contributed by atoms with Crippen molar-refractivity contribution in [2.24, 2.45) is 0 Å². The van der Waals surface area contributed by atoms with Gasteiger partial charge in [0.1, 0.15) is 25.0 Å². The normalized spacial score (nSPS) is 13.6. The van der Waals surface area contributed by atoms with Crippen molar-refractivity contribution < 1.29 is 27.8 Å². The number of rotatable bonds is 9. The maximum Gasteiger partial charge on any atom is 0.326 e. The number of aliphatic hydroxyl groups is 1. The molecule has 28 heavy (non-hydrogen) atoms. The summed E-state index contributed by atoms with van der Waals surface area (Å²) in [7, 11) is -4.15. The van der Waals surface area contributed by atoms with E-state index in [-0.39, 0.29) is 28.2 Å². The van der Waals surface area contributed by atoms with Crippen LogP contribution >= 0.6 is 23.2 Å². The number of para-hydroxylation sites is 1. The predicted molar refractivity (Wildman–Crippen MR) is 105 cm³/mol. The van der Waals surface area contributed by atoms with Crippen LogP contribution in [0, 0.1) is 0 Å². The van der Waals surface area contributed by atoms with Crippen LogP contribution in [0.25, 0.3) is 0 Å². The zero-order valence-electron chi connectivity index (χ0n) is 14.8. The number of benzene rings is 2. The van der Waals surface area contributed by atoms with Crippen molar-refractivity contribution in [1.29, 1.82) is 0 Å². The van der Waals surface area contributed by atoms with E-state index in [1.807, 2.05) is 6.07 Å². The molecule has 2 atom stereocenters. The van der Waals surface area contributed by atoms with Crippen LogP contribution in [-0.2, 0) is 19.6 Å². The van der Waals surface area contributed by atoms with E-state index in [0.29, 0.717) is 5.75 Å². The zero-order valence-corrected chi connectivity index (χ0v) is 17.2. The second-order valence-electron chi connectivity index (χ2n) is 5.74. The minimum Gasteiger partial charge on any atom is -0.490 e. The fourth-order valence-corrected chi connectivity index (χ4v) is 3.78. The Morgan fingerprint density at radius 1 is 1.11 bits per heavy atom. The fourth-order valence-electron chi connectivity index (χ4n) is 2.13. The standard InChI is InChI=1S/C18H19Cl2NO6S/c1-12(22)17(18(23)27-10-9-26-13-5-3-2-4-6-13)21-28(24,25)14-7-8-15(19)16(20)11-14/h2-8,11-12,17,21-22H,9-10H2,1H3/t12-,17-/m0/s1. The van der Waals surface area contributed by atoms with Gasteiger partial charge in [0, 0.05) is 0 Å². The minimum atomic E-state index is -4.15. The first-order valence-electron chi connectivity index (χ1n) is 8.20. The Hall–Kier alpha value is -1.84. The first kappa shape index (κ1) is 22.4. The summed E-state index contributed by atoms with van der Waals surface area (Å²) in [6.07, 6.45) is -1.33. The van der Waals surface area contributed by atoms with E-state index in [1.54, 1.807) is 24.3 Å². The van der Waals surface area contributed by atoms with Crippen molar-refractivity contribution in [2.75, 3.05) is 13.2 Å². The monoisotopic (exact) mass is 447 g/mol. The number of nitrogens with one attached hydrogen (secondary N) is 1. The Morgan fingerprint density at radius 3 is 2.39 bits per heavy atom. The summed E-state index contributed by atoms with van der Waals surface area (Å²) >= 11 is 11.6. The third-order valence-electron chi connectivity index (χ3n) is 3.56. The smallest absolute Gasteiger partial charge is 0.326 e. The van der Waals surface area contributed by atoms with E-state index in [2.05, 4.69) is 4.72 Å². The molecule has 0 radical (unpaired) electrons. The van der Waals surface area contributed by atoms with Gasteiger partial charge >= 0.3 is 5.97 Å².